The molecule has 3 rings (SSSR count). The van der Waals surface area contributed by atoms with Gasteiger partial charge in [0.25, 0.3) is 5.69 Å². The van der Waals surface area contributed by atoms with E-state index >= 15 is 0 Å². The fourth-order valence-corrected chi connectivity index (χ4v) is 5.20. The van der Waals surface area contributed by atoms with Crippen molar-refractivity contribution in [1.82, 2.24) is 9.62 Å². The van der Waals surface area contributed by atoms with Gasteiger partial charge in [0.05, 0.1) is 20.5 Å². The second-order valence-corrected chi connectivity index (χ2v) is 9.02. The molecule has 1 atom stereocenters. The van der Waals surface area contributed by atoms with Crippen molar-refractivity contribution in [3.05, 3.63) is 63.7 Å². The lowest BCUT2D eigenvalue weighted by Gasteiger charge is -2.23. The number of nitrogens with one attached hydrogen (secondary N) is 2. The number of rotatable bonds is 8. The molecule has 1 heterocycles. The fraction of sp³-hybridized carbons (Fsp3) is 0.316. The van der Waals surface area contributed by atoms with Gasteiger partial charge in [-0.15, -0.1) is 0 Å². The van der Waals surface area contributed by atoms with E-state index in [-0.39, 0.29) is 28.1 Å². The number of nitrogens with zero attached hydrogens (tertiary/aromatic N) is 2. The number of sulfonamides is 1. The number of non-ortho nitro benzene ring substituents is 1. The Kier molecular flexibility index (Phi) is 6.91. The van der Waals surface area contributed by atoms with E-state index in [2.05, 4.69) is 10.6 Å². The Bertz CT molecular complexity index is 1030. The highest BCUT2D eigenvalue weighted by atomic mass is 35.5. The number of benzene rings is 2. The molecule has 0 aromatic heterocycles. The predicted octanol–water partition coefficient (Wildman–Crippen LogP) is 2.63. The highest BCUT2D eigenvalue weighted by Gasteiger charge is 2.39. The van der Waals surface area contributed by atoms with E-state index in [9.17, 15) is 23.3 Å². The maximum atomic E-state index is 12.8. The van der Waals surface area contributed by atoms with Crippen LogP contribution in [0.1, 0.15) is 12.8 Å². The SMILES string of the molecule is O=C(NCCNc1ccc([N+](=O)[O-])cc1Cl)[C@H]1CCCN1S(=O)(=O)c1ccccc1. The molecule has 0 saturated carbocycles. The third-order valence-corrected chi connectivity index (χ3v) is 6.99. The molecule has 11 heteroatoms. The topological polar surface area (TPSA) is 122 Å². The summed E-state index contributed by atoms with van der Waals surface area (Å²) in [4.78, 5) is 23.0. The third kappa shape index (κ3) is 4.89. The summed E-state index contributed by atoms with van der Waals surface area (Å²) in [6.45, 7) is 0.856. The lowest BCUT2D eigenvalue weighted by molar-refractivity contribution is -0.384. The van der Waals surface area contributed by atoms with Crippen molar-refractivity contribution in [3.8, 4) is 0 Å². The van der Waals surface area contributed by atoms with Gasteiger partial charge in [-0.2, -0.15) is 4.31 Å². The quantitative estimate of drug-likeness (QED) is 0.360. The summed E-state index contributed by atoms with van der Waals surface area (Å²) in [6, 6.07) is 11.4. The van der Waals surface area contributed by atoms with Crippen molar-refractivity contribution in [2.45, 2.75) is 23.8 Å². The van der Waals surface area contributed by atoms with E-state index in [1.54, 1.807) is 18.2 Å². The molecule has 9 nitrogen and oxygen atoms in total. The van der Waals surface area contributed by atoms with Crippen LogP contribution in [0.3, 0.4) is 0 Å². The minimum atomic E-state index is -3.74. The molecule has 2 N–H and O–H groups in total. The number of amides is 1. The van der Waals surface area contributed by atoms with Crippen molar-refractivity contribution in [2.75, 3.05) is 25.0 Å². The third-order valence-electron chi connectivity index (χ3n) is 4.76. The molecule has 0 radical (unpaired) electrons. The van der Waals surface area contributed by atoms with Crippen LogP contribution in [0.25, 0.3) is 0 Å². The molecule has 160 valence electrons. The Balaban J connectivity index is 1.55. The largest absolute Gasteiger partial charge is 0.382 e. The van der Waals surface area contributed by atoms with Crippen LogP contribution in [0.2, 0.25) is 5.02 Å². The number of hydrogen-bond acceptors (Lipinski definition) is 6. The smallest absolute Gasteiger partial charge is 0.271 e. The van der Waals surface area contributed by atoms with Gasteiger partial charge in [0.1, 0.15) is 6.04 Å². The molecule has 0 spiro atoms. The molecule has 1 amide bonds. The first-order valence-corrected chi connectivity index (χ1v) is 11.1. The molecule has 1 saturated heterocycles. The molecule has 0 unspecified atom stereocenters. The zero-order chi connectivity index (χ0) is 21.7. The van der Waals surface area contributed by atoms with Crippen LogP contribution in [0.15, 0.2) is 53.4 Å². The van der Waals surface area contributed by atoms with Crippen LogP contribution >= 0.6 is 11.6 Å². The highest BCUT2D eigenvalue weighted by molar-refractivity contribution is 7.89. The van der Waals surface area contributed by atoms with Gasteiger partial charge in [-0.1, -0.05) is 29.8 Å². The van der Waals surface area contributed by atoms with E-state index in [0.717, 1.165) is 0 Å². The molecule has 0 aliphatic carbocycles. The first kappa shape index (κ1) is 22.0. The number of carbonyl (C=O) groups excluding carboxylic acids is 1. The maximum Gasteiger partial charge on any atom is 0.271 e. The van der Waals surface area contributed by atoms with Gasteiger partial charge in [-0.05, 0) is 31.0 Å². The summed E-state index contributed by atoms with van der Waals surface area (Å²) in [6.07, 6.45) is 1.07. The molecular weight excluding hydrogens is 432 g/mol. The summed E-state index contributed by atoms with van der Waals surface area (Å²) >= 11 is 6.02. The fourth-order valence-electron chi connectivity index (χ4n) is 3.28. The molecule has 1 aliphatic rings. The molecule has 0 bridgehead atoms. The normalized spacial score (nSPS) is 16.9. The van der Waals surface area contributed by atoms with Crippen molar-refractivity contribution in [3.63, 3.8) is 0 Å². The molecule has 2 aromatic carbocycles. The number of nitro groups is 1. The maximum absolute atomic E-state index is 12.8. The van der Waals surface area contributed by atoms with Gasteiger partial charge in [-0.3, -0.25) is 14.9 Å². The van der Waals surface area contributed by atoms with Gasteiger partial charge >= 0.3 is 0 Å². The van der Waals surface area contributed by atoms with Crippen LogP contribution < -0.4 is 10.6 Å². The Morgan fingerprint density at radius 3 is 2.60 bits per heavy atom. The van der Waals surface area contributed by atoms with E-state index < -0.39 is 21.0 Å². The molecule has 1 fully saturated rings. The summed E-state index contributed by atoms with van der Waals surface area (Å²) in [7, 11) is -3.74. The molecule has 1 aliphatic heterocycles. The van der Waals surface area contributed by atoms with E-state index in [1.165, 1.54) is 34.6 Å². The Labute approximate surface area is 179 Å². The van der Waals surface area contributed by atoms with Gasteiger partial charge in [0, 0.05) is 31.8 Å². The van der Waals surface area contributed by atoms with Gasteiger partial charge in [0.2, 0.25) is 15.9 Å². The number of anilines is 1. The summed E-state index contributed by atoms with van der Waals surface area (Å²) < 4.78 is 26.9. The number of carbonyl (C=O) groups is 1. The summed E-state index contributed by atoms with van der Waals surface area (Å²) in [5.74, 6) is -0.358. The number of halogens is 1. The van der Waals surface area contributed by atoms with Crippen molar-refractivity contribution in [1.29, 1.82) is 0 Å². The van der Waals surface area contributed by atoms with Crippen LogP contribution in [0.5, 0.6) is 0 Å². The van der Waals surface area contributed by atoms with Gasteiger partial charge in [-0.25, -0.2) is 8.42 Å². The predicted molar refractivity (Wildman–Crippen MR) is 113 cm³/mol. The van der Waals surface area contributed by atoms with Crippen molar-refractivity contribution in [2.24, 2.45) is 0 Å². The number of hydrogen-bond donors (Lipinski definition) is 2. The van der Waals surface area contributed by atoms with Gasteiger partial charge in [0.15, 0.2) is 0 Å². The Morgan fingerprint density at radius 2 is 1.93 bits per heavy atom. The Hall–Kier alpha value is -2.69. The second-order valence-electron chi connectivity index (χ2n) is 6.73. The first-order valence-electron chi connectivity index (χ1n) is 9.33. The average molecular weight is 453 g/mol. The standard InChI is InChI=1S/C19H21ClN4O5S/c20-16-13-14(24(26)27)8-9-17(16)21-10-11-22-19(25)18-7-4-12-23(18)30(28,29)15-5-2-1-3-6-15/h1-3,5-6,8-9,13,18,21H,4,7,10-12H2,(H,22,25)/t18-/m1/s1. The van der Waals surface area contributed by atoms with Crippen LogP contribution in [0.4, 0.5) is 11.4 Å². The minimum absolute atomic E-state index is 0.111. The van der Waals surface area contributed by atoms with E-state index in [4.69, 9.17) is 11.6 Å². The number of nitro benzene ring substituents is 1. The van der Waals surface area contributed by atoms with Crippen LogP contribution in [-0.2, 0) is 14.8 Å². The van der Waals surface area contributed by atoms with Crippen LogP contribution in [0, 0.1) is 10.1 Å². The molecular formula is C19H21ClN4O5S. The zero-order valence-corrected chi connectivity index (χ0v) is 17.5. The minimum Gasteiger partial charge on any atom is -0.382 e. The Morgan fingerprint density at radius 1 is 1.20 bits per heavy atom. The summed E-state index contributed by atoms with van der Waals surface area (Å²) in [5.41, 5.74) is 0.394. The lowest BCUT2D eigenvalue weighted by Crippen LogP contribution is -2.46. The average Bonchev–Trinajstić information content (AvgIpc) is 3.23. The van der Waals surface area contributed by atoms with Crippen molar-refractivity contribution < 1.29 is 18.1 Å². The molecule has 30 heavy (non-hydrogen) atoms. The van der Waals surface area contributed by atoms with E-state index in [1.807, 2.05) is 0 Å². The van der Waals surface area contributed by atoms with Gasteiger partial charge < -0.3 is 10.6 Å². The zero-order valence-electron chi connectivity index (χ0n) is 16.0. The second kappa shape index (κ2) is 9.41. The van der Waals surface area contributed by atoms with Crippen LogP contribution in [-0.4, -0.2) is 49.2 Å². The summed E-state index contributed by atoms with van der Waals surface area (Å²) in [5, 5.41) is 16.7. The van der Waals surface area contributed by atoms with E-state index in [0.29, 0.717) is 31.6 Å². The highest BCUT2D eigenvalue weighted by Crippen LogP contribution is 2.27. The lowest BCUT2D eigenvalue weighted by atomic mass is 10.2. The monoisotopic (exact) mass is 452 g/mol. The molecule has 2 aromatic rings. The first-order chi connectivity index (χ1) is 14.3. The van der Waals surface area contributed by atoms with Crippen molar-refractivity contribution >= 4 is 38.9 Å².